The molecule has 0 atom stereocenters. The van der Waals surface area contributed by atoms with E-state index >= 15 is 0 Å². The Kier molecular flexibility index (Phi) is 5.84. The Balaban J connectivity index is 1.78. The standard InChI is InChI=1S/C22H20N2O3/c1-26-19-11-12-21(27-2)20(15-19)22(25)24-18-8-5-6-16(14-18)9-10-17-7-3-4-13-23-17/h3-15H,1-2H3,(H,24,25)/b10-9+. The molecule has 1 amide bonds. The van der Waals surface area contributed by atoms with Gasteiger partial charge in [0.05, 0.1) is 25.5 Å². The minimum atomic E-state index is -0.267. The molecule has 0 radical (unpaired) electrons. The molecule has 136 valence electrons. The van der Waals surface area contributed by atoms with Crippen molar-refractivity contribution in [1.29, 1.82) is 0 Å². The number of methoxy groups -OCH3 is 2. The second-order valence-electron chi connectivity index (χ2n) is 5.73. The molecule has 1 heterocycles. The van der Waals surface area contributed by atoms with E-state index in [4.69, 9.17) is 9.47 Å². The minimum absolute atomic E-state index is 0.267. The summed E-state index contributed by atoms with van der Waals surface area (Å²) in [6.45, 7) is 0. The average Bonchev–Trinajstić information content (AvgIpc) is 2.72. The van der Waals surface area contributed by atoms with Gasteiger partial charge < -0.3 is 14.8 Å². The smallest absolute Gasteiger partial charge is 0.259 e. The number of benzene rings is 2. The number of anilines is 1. The first-order valence-corrected chi connectivity index (χ1v) is 8.42. The van der Waals surface area contributed by atoms with Crippen LogP contribution in [-0.4, -0.2) is 25.1 Å². The van der Waals surface area contributed by atoms with Crippen molar-refractivity contribution in [2.75, 3.05) is 19.5 Å². The molecule has 5 heteroatoms. The molecule has 0 spiro atoms. The summed E-state index contributed by atoms with van der Waals surface area (Å²) in [5.74, 6) is 0.809. The van der Waals surface area contributed by atoms with E-state index in [0.717, 1.165) is 11.3 Å². The van der Waals surface area contributed by atoms with Gasteiger partial charge in [-0.15, -0.1) is 0 Å². The molecule has 0 saturated carbocycles. The predicted octanol–water partition coefficient (Wildman–Crippen LogP) is 4.52. The first kappa shape index (κ1) is 18.2. The summed E-state index contributed by atoms with van der Waals surface area (Å²) in [5, 5.41) is 2.90. The van der Waals surface area contributed by atoms with Crippen LogP contribution in [0.5, 0.6) is 11.5 Å². The molecule has 2 aromatic carbocycles. The Morgan fingerprint density at radius 1 is 0.963 bits per heavy atom. The maximum absolute atomic E-state index is 12.7. The topological polar surface area (TPSA) is 60.5 Å². The third-order valence-electron chi connectivity index (χ3n) is 3.93. The lowest BCUT2D eigenvalue weighted by atomic mass is 10.1. The molecule has 0 aliphatic rings. The number of nitrogens with zero attached hydrogens (tertiary/aromatic N) is 1. The molecular formula is C22H20N2O3. The van der Waals surface area contributed by atoms with Gasteiger partial charge in [-0.2, -0.15) is 0 Å². The van der Waals surface area contributed by atoms with E-state index < -0.39 is 0 Å². The van der Waals surface area contributed by atoms with Crippen LogP contribution in [0.1, 0.15) is 21.6 Å². The number of carbonyl (C=O) groups is 1. The minimum Gasteiger partial charge on any atom is -0.497 e. The Morgan fingerprint density at radius 2 is 1.85 bits per heavy atom. The van der Waals surface area contributed by atoms with Crippen LogP contribution in [-0.2, 0) is 0 Å². The van der Waals surface area contributed by atoms with E-state index in [-0.39, 0.29) is 5.91 Å². The first-order valence-electron chi connectivity index (χ1n) is 8.42. The highest BCUT2D eigenvalue weighted by Gasteiger charge is 2.14. The van der Waals surface area contributed by atoms with Crippen molar-refractivity contribution in [1.82, 2.24) is 4.98 Å². The summed E-state index contributed by atoms with van der Waals surface area (Å²) >= 11 is 0. The van der Waals surface area contributed by atoms with Crippen LogP contribution in [0, 0.1) is 0 Å². The third kappa shape index (κ3) is 4.73. The molecular weight excluding hydrogens is 340 g/mol. The number of pyridine rings is 1. The Morgan fingerprint density at radius 3 is 2.59 bits per heavy atom. The van der Waals surface area contributed by atoms with Gasteiger partial charge in [-0.25, -0.2) is 0 Å². The van der Waals surface area contributed by atoms with Crippen molar-refractivity contribution in [2.45, 2.75) is 0 Å². The molecule has 0 aliphatic carbocycles. The van der Waals surface area contributed by atoms with Crippen LogP contribution in [0.15, 0.2) is 66.9 Å². The number of hydrogen-bond donors (Lipinski definition) is 1. The van der Waals surface area contributed by atoms with Gasteiger partial charge in [0, 0.05) is 11.9 Å². The quantitative estimate of drug-likeness (QED) is 0.702. The molecule has 0 bridgehead atoms. The number of rotatable bonds is 6. The van der Waals surface area contributed by atoms with Crippen molar-refractivity contribution < 1.29 is 14.3 Å². The number of nitrogens with one attached hydrogen (secondary N) is 1. The fourth-order valence-electron chi connectivity index (χ4n) is 2.57. The van der Waals surface area contributed by atoms with Crippen LogP contribution in [0.4, 0.5) is 5.69 Å². The van der Waals surface area contributed by atoms with Gasteiger partial charge in [0.2, 0.25) is 0 Å². The van der Waals surface area contributed by atoms with Gasteiger partial charge in [0.25, 0.3) is 5.91 Å². The third-order valence-corrected chi connectivity index (χ3v) is 3.93. The van der Waals surface area contributed by atoms with Crippen molar-refractivity contribution in [3.63, 3.8) is 0 Å². The van der Waals surface area contributed by atoms with E-state index in [9.17, 15) is 4.79 Å². The SMILES string of the molecule is COc1ccc(OC)c(C(=O)Nc2cccc(/C=C/c3ccccn3)c2)c1. The van der Waals surface area contributed by atoms with E-state index in [1.54, 1.807) is 31.5 Å². The number of carbonyl (C=O) groups excluding carboxylic acids is 1. The van der Waals surface area contributed by atoms with E-state index in [1.165, 1.54) is 7.11 Å². The summed E-state index contributed by atoms with van der Waals surface area (Å²) in [4.78, 5) is 16.9. The highest BCUT2D eigenvalue weighted by Crippen LogP contribution is 2.25. The summed E-state index contributed by atoms with van der Waals surface area (Å²) < 4.78 is 10.5. The highest BCUT2D eigenvalue weighted by atomic mass is 16.5. The molecule has 3 aromatic rings. The Hall–Kier alpha value is -3.60. The zero-order valence-corrected chi connectivity index (χ0v) is 15.2. The molecule has 1 aromatic heterocycles. The largest absolute Gasteiger partial charge is 0.497 e. The van der Waals surface area contributed by atoms with E-state index in [0.29, 0.717) is 22.7 Å². The predicted molar refractivity (Wildman–Crippen MR) is 107 cm³/mol. The van der Waals surface area contributed by atoms with Gasteiger partial charge in [-0.1, -0.05) is 24.3 Å². The van der Waals surface area contributed by atoms with Gasteiger partial charge >= 0.3 is 0 Å². The van der Waals surface area contributed by atoms with E-state index in [2.05, 4.69) is 10.3 Å². The van der Waals surface area contributed by atoms with Gasteiger partial charge in [-0.05, 0) is 54.1 Å². The first-order chi connectivity index (χ1) is 13.2. The molecule has 5 nitrogen and oxygen atoms in total. The number of ether oxygens (including phenoxy) is 2. The molecule has 0 aliphatic heterocycles. The van der Waals surface area contributed by atoms with Crippen LogP contribution in [0.2, 0.25) is 0 Å². The molecule has 27 heavy (non-hydrogen) atoms. The zero-order chi connectivity index (χ0) is 19.1. The highest BCUT2D eigenvalue weighted by molar-refractivity contribution is 6.06. The Labute approximate surface area is 158 Å². The normalized spacial score (nSPS) is 10.6. The summed E-state index contributed by atoms with van der Waals surface area (Å²) in [7, 11) is 3.09. The van der Waals surface area contributed by atoms with Gasteiger partial charge in [0.1, 0.15) is 11.5 Å². The second kappa shape index (κ2) is 8.67. The lowest BCUT2D eigenvalue weighted by Gasteiger charge is -2.11. The van der Waals surface area contributed by atoms with Crippen molar-refractivity contribution in [3.8, 4) is 11.5 Å². The molecule has 3 rings (SSSR count). The Bertz CT molecular complexity index is 953. The lowest BCUT2D eigenvalue weighted by Crippen LogP contribution is -2.13. The number of amides is 1. The van der Waals surface area contributed by atoms with E-state index in [1.807, 2.05) is 54.6 Å². The summed E-state index contributed by atoms with van der Waals surface area (Å²) in [5.41, 5.74) is 2.92. The fraction of sp³-hybridized carbons (Fsp3) is 0.0909. The van der Waals surface area contributed by atoms with Crippen LogP contribution >= 0.6 is 0 Å². The lowest BCUT2D eigenvalue weighted by molar-refractivity contribution is 0.102. The van der Waals surface area contributed by atoms with Crippen LogP contribution in [0.3, 0.4) is 0 Å². The maximum Gasteiger partial charge on any atom is 0.259 e. The average molecular weight is 360 g/mol. The summed E-state index contributed by atoms with van der Waals surface area (Å²) in [6.07, 6.45) is 5.62. The second-order valence-corrected chi connectivity index (χ2v) is 5.73. The number of hydrogen-bond acceptors (Lipinski definition) is 4. The van der Waals surface area contributed by atoms with Crippen molar-refractivity contribution in [2.24, 2.45) is 0 Å². The molecule has 0 saturated heterocycles. The van der Waals surface area contributed by atoms with Crippen LogP contribution in [0.25, 0.3) is 12.2 Å². The maximum atomic E-state index is 12.7. The molecule has 0 fully saturated rings. The monoisotopic (exact) mass is 360 g/mol. The van der Waals surface area contributed by atoms with Crippen molar-refractivity contribution in [3.05, 3.63) is 83.7 Å². The summed E-state index contributed by atoms with van der Waals surface area (Å²) in [6, 6.07) is 18.4. The molecule has 1 N–H and O–H groups in total. The van der Waals surface area contributed by atoms with Gasteiger partial charge in [0.15, 0.2) is 0 Å². The number of aromatic nitrogens is 1. The van der Waals surface area contributed by atoms with Gasteiger partial charge in [-0.3, -0.25) is 9.78 Å². The fourth-order valence-corrected chi connectivity index (χ4v) is 2.57. The molecule has 0 unspecified atom stereocenters. The van der Waals surface area contributed by atoms with Crippen molar-refractivity contribution >= 4 is 23.7 Å². The zero-order valence-electron chi connectivity index (χ0n) is 15.2. The van der Waals surface area contributed by atoms with Crippen LogP contribution < -0.4 is 14.8 Å².